The van der Waals surface area contributed by atoms with Crippen LogP contribution in [0.5, 0.6) is 5.75 Å². The Morgan fingerprint density at radius 3 is 2.40 bits per heavy atom. The second-order valence-electron chi connectivity index (χ2n) is 20.2. The largest absolute Gasteiger partial charge is 0.488 e. The number of piperidine rings is 1. The molecular weight excluding hydrogens is 869 g/mol. The monoisotopic (exact) mass is 947 g/mol. The first-order valence-corrected chi connectivity index (χ1v) is 24.9. The van der Waals surface area contributed by atoms with Gasteiger partial charge in [-0.1, -0.05) is 44.6 Å². The van der Waals surface area contributed by atoms with Gasteiger partial charge in [0.1, 0.15) is 35.9 Å². The summed E-state index contributed by atoms with van der Waals surface area (Å²) >= 11 is 0. The fourth-order valence-corrected chi connectivity index (χ4v) is 11.2. The number of rotatable bonds is 10. The summed E-state index contributed by atoms with van der Waals surface area (Å²) in [6.07, 6.45) is 7.96. The lowest BCUT2D eigenvalue weighted by Gasteiger charge is -2.47. The van der Waals surface area contributed by atoms with E-state index in [-0.39, 0.29) is 55.6 Å². The van der Waals surface area contributed by atoms with E-state index in [1.165, 1.54) is 19.1 Å². The highest BCUT2D eigenvalue weighted by Gasteiger charge is 2.56. The maximum absolute atomic E-state index is 14.6. The molecule has 1 aromatic carbocycles. The van der Waals surface area contributed by atoms with Crippen LogP contribution in [-0.4, -0.2) is 125 Å². The summed E-state index contributed by atoms with van der Waals surface area (Å²) in [5.74, 6) is -6.96. The first-order valence-electron chi connectivity index (χ1n) is 24.9. The number of esters is 1. The molecule has 1 saturated carbocycles. The van der Waals surface area contributed by atoms with Gasteiger partial charge < -0.3 is 48.1 Å². The number of carbonyl (C=O) groups excluding carboxylic acids is 4. The Labute approximate surface area is 403 Å². The SMILES string of the molecule is C=CCC1/C=C(\C)CC(C)CC(OC)C2OC(O)(C(=O)C(=O)N3CCCCC3C(=O)OC(C(C)=CC3CCC(Oc4ccc5c(ccn5C)c4)C(OCC)C3)C(C)C(O)CC1=O)C(C)CC2OC. The van der Waals surface area contributed by atoms with Crippen molar-refractivity contribution in [3.63, 3.8) is 0 Å². The van der Waals surface area contributed by atoms with Crippen molar-refractivity contribution in [3.05, 3.63) is 66.4 Å². The molecule has 14 heteroatoms. The normalized spacial score (nSPS) is 36.3. The van der Waals surface area contributed by atoms with Crippen molar-refractivity contribution in [2.24, 2.45) is 36.6 Å². The average molecular weight is 947 g/mol. The van der Waals surface area contributed by atoms with E-state index < -0.39 is 77.8 Å². The summed E-state index contributed by atoms with van der Waals surface area (Å²) in [4.78, 5) is 58.8. The molecule has 14 nitrogen and oxygen atoms in total. The summed E-state index contributed by atoms with van der Waals surface area (Å²) in [5, 5.41) is 25.2. The van der Waals surface area contributed by atoms with E-state index in [0.29, 0.717) is 57.1 Å². The first kappa shape index (κ1) is 53.2. The predicted molar refractivity (Wildman–Crippen MR) is 259 cm³/mol. The Balaban J connectivity index is 1.32. The van der Waals surface area contributed by atoms with Gasteiger partial charge >= 0.3 is 5.97 Å². The van der Waals surface area contributed by atoms with Gasteiger partial charge in [-0.15, -0.1) is 6.58 Å². The fourth-order valence-electron chi connectivity index (χ4n) is 11.2. The van der Waals surface area contributed by atoms with Gasteiger partial charge in [-0.2, -0.15) is 0 Å². The zero-order chi connectivity index (χ0) is 49.4. The summed E-state index contributed by atoms with van der Waals surface area (Å²) in [7, 11) is 5.08. The molecule has 1 amide bonds. The van der Waals surface area contributed by atoms with Crippen LogP contribution in [-0.2, 0) is 49.9 Å². The number of aliphatic hydroxyl groups excluding tert-OH is 1. The number of Topliss-reactive ketones (excluding diaryl/α,β-unsaturated/α-hetero) is 2. The maximum atomic E-state index is 14.6. The van der Waals surface area contributed by atoms with Gasteiger partial charge in [0.2, 0.25) is 5.79 Å². The van der Waals surface area contributed by atoms with Crippen molar-refractivity contribution in [2.75, 3.05) is 27.4 Å². The molecule has 376 valence electrons. The number of benzene rings is 1. The number of aryl methyl sites for hydroxylation is 1. The standard InChI is InChI=1S/C54H78N2O12/c1-11-15-39-25-32(3)24-33(4)26-47(63-9)50-48(64-10)28-35(6)54(62,68-50)51(59)52(60)56-22-14-13-16-42(56)53(61)67-49(36(7)43(57)31-44(39)58)34(5)27-37-17-20-45(46(29-37)65-12-2)66-40-18-19-41-38(30-40)21-23-55(41)8/h11,18-19,21,23,25,27,30,33,35-37,39,42-43,45-50,57,62H,1,12-17,20,22,24,26,28-29,31H2,2-10H3/b32-25+,34-27?. The predicted octanol–water partition coefficient (Wildman–Crippen LogP) is 7.61. The summed E-state index contributed by atoms with van der Waals surface area (Å²) in [6, 6.07) is 7.00. The number of ether oxygens (including phenoxy) is 6. The quantitative estimate of drug-likeness (QED) is 0.136. The van der Waals surface area contributed by atoms with Gasteiger partial charge in [-0.05, 0) is 127 Å². The number of cyclic esters (lactones) is 1. The Morgan fingerprint density at radius 1 is 0.956 bits per heavy atom. The van der Waals surface area contributed by atoms with Crippen molar-refractivity contribution >= 4 is 34.3 Å². The number of amides is 1. The van der Waals surface area contributed by atoms with Crippen LogP contribution in [0.2, 0.25) is 0 Å². The number of fused-ring (bicyclic) bond motifs is 4. The van der Waals surface area contributed by atoms with Gasteiger partial charge in [0, 0.05) is 75.7 Å². The van der Waals surface area contributed by atoms with Crippen LogP contribution in [0.4, 0.5) is 0 Å². The summed E-state index contributed by atoms with van der Waals surface area (Å²) in [5.41, 5.74) is 2.77. The van der Waals surface area contributed by atoms with Crippen LogP contribution >= 0.6 is 0 Å². The lowest BCUT2D eigenvalue weighted by molar-refractivity contribution is -0.302. The number of aliphatic hydroxyl groups is 2. The van der Waals surface area contributed by atoms with Gasteiger partial charge in [0.15, 0.2) is 0 Å². The Bertz CT molecular complexity index is 2150. The van der Waals surface area contributed by atoms with E-state index in [9.17, 15) is 29.4 Å². The molecule has 1 aliphatic carbocycles. The van der Waals surface area contributed by atoms with Gasteiger partial charge in [0.25, 0.3) is 11.7 Å². The molecule has 1 aromatic heterocycles. The second-order valence-corrected chi connectivity index (χ2v) is 20.2. The Kier molecular flexibility index (Phi) is 18.5. The Hall–Kier alpha value is -4.18. The van der Waals surface area contributed by atoms with Crippen molar-refractivity contribution in [1.82, 2.24) is 9.47 Å². The highest BCUT2D eigenvalue weighted by Crippen LogP contribution is 2.40. The lowest BCUT2D eigenvalue weighted by atomic mass is 9.81. The molecule has 4 heterocycles. The number of hydrogen-bond donors (Lipinski definition) is 2. The second kappa shape index (κ2) is 23.6. The molecule has 0 spiro atoms. The minimum absolute atomic E-state index is 0.00470. The van der Waals surface area contributed by atoms with Crippen molar-refractivity contribution in [1.29, 1.82) is 0 Å². The van der Waals surface area contributed by atoms with E-state index in [4.69, 9.17) is 28.4 Å². The molecule has 3 fully saturated rings. The number of aromatic nitrogens is 1. The minimum Gasteiger partial charge on any atom is -0.488 e. The zero-order valence-electron chi connectivity index (χ0n) is 41.9. The number of carbonyl (C=O) groups is 4. The van der Waals surface area contributed by atoms with Crippen LogP contribution in [0.1, 0.15) is 112 Å². The third-order valence-corrected chi connectivity index (χ3v) is 15.1. The van der Waals surface area contributed by atoms with Gasteiger partial charge in [-0.25, -0.2) is 4.79 Å². The number of methoxy groups -OCH3 is 2. The minimum atomic E-state index is -2.52. The topological polar surface area (TPSA) is 172 Å². The highest BCUT2D eigenvalue weighted by molar-refractivity contribution is 6.39. The molecular formula is C54H78N2O12. The van der Waals surface area contributed by atoms with Crippen LogP contribution in [0.15, 0.2) is 66.4 Å². The van der Waals surface area contributed by atoms with E-state index in [1.807, 2.05) is 52.2 Å². The number of allylic oxidation sites excluding steroid dienone is 4. The molecule has 2 N–H and O–H groups in total. The molecule has 2 bridgehead atoms. The highest BCUT2D eigenvalue weighted by atomic mass is 16.7. The lowest BCUT2D eigenvalue weighted by Crippen LogP contribution is -2.64. The summed E-state index contributed by atoms with van der Waals surface area (Å²) < 4.78 is 39.5. The van der Waals surface area contributed by atoms with Crippen molar-refractivity contribution in [2.45, 2.75) is 167 Å². The van der Waals surface area contributed by atoms with Crippen LogP contribution in [0, 0.1) is 29.6 Å². The van der Waals surface area contributed by atoms with Crippen molar-refractivity contribution in [3.8, 4) is 5.75 Å². The first-order chi connectivity index (χ1) is 32.4. The molecule has 14 atom stereocenters. The van der Waals surface area contributed by atoms with E-state index in [2.05, 4.69) is 36.3 Å². The van der Waals surface area contributed by atoms with Crippen molar-refractivity contribution < 1.29 is 57.8 Å². The van der Waals surface area contributed by atoms with Gasteiger partial charge in [-0.3, -0.25) is 14.4 Å². The molecule has 0 radical (unpaired) electrons. The molecule has 68 heavy (non-hydrogen) atoms. The Morgan fingerprint density at radius 2 is 1.69 bits per heavy atom. The molecule has 2 aromatic rings. The molecule has 6 rings (SSSR count). The number of hydrogen-bond acceptors (Lipinski definition) is 12. The maximum Gasteiger partial charge on any atom is 0.329 e. The zero-order valence-corrected chi connectivity index (χ0v) is 41.9. The molecule has 2 saturated heterocycles. The number of nitrogens with zero attached hydrogens (tertiary/aromatic N) is 2. The van der Waals surface area contributed by atoms with Crippen LogP contribution in [0.25, 0.3) is 10.9 Å². The molecule has 3 aliphatic heterocycles. The van der Waals surface area contributed by atoms with E-state index >= 15 is 0 Å². The third-order valence-electron chi connectivity index (χ3n) is 15.1. The van der Waals surface area contributed by atoms with E-state index in [1.54, 1.807) is 19.9 Å². The third kappa shape index (κ3) is 12.2. The smallest absolute Gasteiger partial charge is 0.329 e. The number of ketones is 2. The molecule has 4 aliphatic rings. The summed E-state index contributed by atoms with van der Waals surface area (Å²) in [6.45, 7) is 15.8. The molecule has 14 unspecified atom stereocenters. The average Bonchev–Trinajstić information content (AvgIpc) is 3.69. The fraction of sp³-hybridized carbons (Fsp3) is 0.667. The van der Waals surface area contributed by atoms with Crippen LogP contribution in [0.3, 0.4) is 0 Å². The van der Waals surface area contributed by atoms with Crippen LogP contribution < -0.4 is 4.74 Å². The van der Waals surface area contributed by atoms with Gasteiger partial charge in [0.05, 0.1) is 24.4 Å². The van der Waals surface area contributed by atoms with E-state index in [0.717, 1.165) is 28.6 Å².